The summed E-state index contributed by atoms with van der Waals surface area (Å²) in [5, 5.41) is 3.46. The number of hydrogen-bond donors (Lipinski definition) is 1. The van der Waals surface area contributed by atoms with Gasteiger partial charge in [-0.25, -0.2) is 0 Å². The van der Waals surface area contributed by atoms with E-state index < -0.39 is 11.7 Å². The summed E-state index contributed by atoms with van der Waals surface area (Å²) in [4.78, 5) is 0. The second kappa shape index (κ2) is 4.57. The Hall–Kier alpha value is -1.03. The molecule has 100 valence electrons. The third-order valence-electron chi connectivity index (χ3n) is 3.90. The minimum Gasteiger partial charge on any atom is -0.307 e. The van der Waals surface area contributed by atoms with Gasteiger partial charge in [-0.2, -0.15) is 13.2 Å². The molecule has 0 radical (unpaired) electrons. The van der Waals surface area contributed by atoms with Gasteiger partial charge in [-0.1, -0.05) is 26.0 Å². The van der Waals surface area contributed by atoms with Gasteiger partial charge in [0.25, 0.3) is 0 Å². The highest BCUT2D eigenvalue weighted by molar-refractivity contribution is 5.31. The highest BCUT2D eigenvalue weighted by Gasteiger charge is 2.38. The van der Waals surface area contributed by atoms with Crippen molar-refractivity contribution in [3.63, 3.8) is 0 Å². The van der Waals surface area contributed by atoms with E-state index in [1.54, 1.807) is 12.1 Å². The largest absolute Gasteiger partial charge is 0.416 e. The average Bonchev–Trinajstić information content (AvgIpc) is 2.78. The minimum atomic E-state index is -4.26. The Bertz CT molecular complexity index is 400. The summed E-state index contributed by atoms with van der Waals surface area (Å²) in [6.07, 6.45) is -2.21. The SMILES string of the molecule is CC(C)C1(c2ccc(C(F)(F)F)cc2)CCCN1. The third kappa shape index (κ3) is 2.26. The number of hydrogen-bond acceptors (Lipinski definition) is 1. The average molecular weight is 257 g/mol. The Balaban J connectivity index is 2.33. The van der Waals surface area contributed by atoms with Crippen LogP contribution < -0.4 is 5.32 Å². The first kappa shape index (κ1) is 13.4. The molecule has 0 saturated carbocycles. The maximum absolute atomic E-state index is 12.5. The van der Waals surface area contributed by atoms with Crippen LogP contribution in [0.5, 0.6) is 0 Å². The minimum absolute atomic E-state index is 0.163. The van der Waals surface area contributed by atoms with Crippen LogP contribution in [0.2, 0.25) is 0 Å². The highest BCUT2D eigenvalue weighted by atomic mass is 19.4. The van der Waals surface area contributed by atoms with Crippen LogP contribution in [-0.2, 0) is 11.7 Å². The zero-order valence-electron chi connectivity index (χ0n) is 10.6. The molecular weight excluding hydrogens is 239 g/mol. The lowest BCUT2D eigenvalue weighted by molar-refractivity contribution is -0.137. The van der Waals surface area contributed by atoms with E-state index in [2.05, 4.69) is 19.2 Å². The first-order valence-corrected chi connectivity index (χ1v) is 6.29. The molecule has 1 fully saturated rings. The maximum atomic E-state index is 12.5. The second-order valence-electron chi connectivity index (χ2n) is 5.23. The van der Waals surface area contributed by atoms with Gasteiger partial charge < -0.3 is 5.32 Å². The van der Waals surface area contributed by atoms with Crippen molar-refractivity contribution in [2.24, 2.45) is 5.92 Å². The number of benzene rings is 1. The van der Waals surface area contributed by atoms with Crippen molar-refractivity contribution in [2.75, 3.05) is 6.54 Å². The van der Waals surface area contributed by atoms with Gasteiger partial charge in [0.05, 0.1) is 5.56 Å². The monoisotopic (exact) mass is 257 g/mol. The van der Waals surface area contributed by atoms with Gasteiger partial charge in [0.2, 0.25) is 0 Å². The molecule has 18 heavy (non-hydrogen) atoms. The van der Waals surface area contributed by atoms with Crippen LogP contribution in [0.25, 0.3) is 0 Å². The Labute approximate surface area is 105 Å². The van der Waals surface area contributed by atoms with E-state index in [4.69, 9.17) is 0 Å². The summed E-state index contributed by atoms with van der Waals surface area (Å²) < 4.78 is 37.6. The summed E-state index contributed by atoms with van der Waals surface area (Å²) in [5.41, 5.74) is 0.218. The lowest BCUT2D eigenvalue weighted by Gasteiger charge is -2.34. The zero-order valence-corrected chi connectivity index (χ0v) is 10.6. The summed E-state index contributed by atoms with van der Waals surface area (Å²) >= 11 is 0. The van der Waals surface area contributed by atoms with Crippen molar-refractivity contribution >= 4 is 0 Å². The van der Waals surface area contributed by atoms with Gasteiger partial charge in [-0.15, -0.1) is 0 Å². The summed E-state index contributed by atoms with van der Waals surface area (Å²) in [6.45, 7) is 5.14. The Morgan fingerprint density at radius 1 is 1.17 bits per heavy atom. The van der Waals surface area contributed by atoms with Gasteiger partial charge in [0.15, 0.2) is 0 Å². The standard InChI is InChI=1S/C14H18F3N/c1-10(2)13(8-3-9-18-13)11-4-6-12(7-5-11)14(15,16)17/h4-7,10,18H,3,8-9H2,1-2H3. The van der Waals surface area contributed by atoms with Gasteiger partial charge in [-0.05, 0) is 43.0 Å². The number of nitrogens with one attached hydrogen (secondary N) is 1. The van der Waals surface area contributed by atoms with Crippen molar-refractivity contribution < 1.29 is 13.2 Å². The molecule has 1 heterocycles. The van der Waals surface area contributed by atoms with Gasteiger partial charge in [0, 0.05) is 5.54 Å². The van der Waals surface area contributed by atoms with Gasteiger partial charge in [0.1, 0.15) is 0 Å². The number of rotatable bonds is 2. The van der Waals surface area contributed by atoms with E-state index in [0.29, 0.717) is 5.92 Å². The molecule has 1 aromatic rings. The van der Waals surface area contributed by atoms with Gasteiger partial charge >= 0.3 is 6.18 Å². The Morgan fingerprint density at radius 3 is 2.17 bits per heavy atom. The molecular formula is C14H18F3N. The van der Waals surface area contributed by atoms with E-state index >= 15 is 0 Å². The molecule has 0 spiro atoms. The molecule has 1 atom stereocenters. The van der Waals surface area contributed by atoms with Crippen LogP contribution >= 0.6 is 0 Å². The molecule has 2 rings (SSSR count). The van der Waals surface area contributed by atoms with Crippen LogP contribution in [-0.4, -0.2) is 6.54 Å². The summed E-state index contributed by atoms with van der Waals surface area (Å²) in [5.74, 6) is 0.358. The normalized spacial score (nSPS) is 24.8. The first-order valence-electron chi connectivity index (χ1n) is 6.29. The number of alkyl halides is 3. The zero-order chi connectivity index (χ0) is 13.4. The molecule has 1 aromatic carbocycles. The summed E-state index contributed by atoms with van der Waals surface area (Å²) in [6, 6.07) is 5.58. The van der Waals surface area contributed by atoms with Crippen molar-refractivity contribution in [2.45, 2.75) is 38.4 Å². The molecule has 1 nitrogen and oxygen atoms in total. The molecule has 1 N–H and O–H groups in total. The lowest BCUT2D eigenvalue weighted by atomic mass is 9.78. The molecule has 1 saturated heterocycles. The highest BCUT2D eigenvalue weighted by Crippen LogP contribution is 2.39. The second-order valence-corrected chi connectivity index (χ2v) is 5.23. The van der Waals surface area contributed by atoms with Crippen molar-refractivity contribution in [1.82, 2.24) is 5.32 Å². The van der Waals surface area contributed by atoms with Crippen LogP contribution in [0.1, 0.15) is 37.8 Å². The van der Waals surface area contributed by atoms with Crippen LogP contribution in [0.3, 0.4) is 0 Å². The molecule has 4 heteroatoms. The fourth-order valence-corrected chi connectivity index (χ4v) is 2.80. The molecule has 0 aliphatic carbocycles. The quantitative estimate of drug-likeness (QED) is 0.846. The van der Waals surface area contributed by atoms with E-state index in [0.717, 1.165) is 24.9 Å². The van der Waals surface area contributed by atoms with Crippen molar-refractivity contribution in [1.29, 1.82) is 0 Å². The van der Waals surface area contributed by atoms with E-state index in [1.807, 2.05) is 0 Å². The first-order chi connectivity index (χ1) is 8.36. The van der Waals surface area contributed by atoms with Gasteiger partial charge in [-0.3, -0.25) is 0 Å². The van der Waals surface area contributed by atoms with Crippen LogP contribution in [0.15, 0.2) is 24.3 Å². The van der Waals surface area contributed by atoms with Crippen LogP contribution in [0, 0.1) is 5.92 Å². The predicted octanol–water partition coefficient (Wildman–Crippen LogP) is 3.94. The lowest BCUT2D eigenvalue weighted by Crippen LogP contribution is -2.41. The smallest absolute Gasteiger partial charge is 0.307 e. The fraction of sp³-hybridized carbons (Fsp3) is 0.571. The Kier molecular flexibility index (Phi) is 3.41. The maximum Gasteiger partial charge on any atom is 0.416 e. The number of halogens is 3. The third-order valence-corrected chi connectivity index (χ3v) is 3.90. The molecule has 1 unspecified atom stereocenters. The molecule has 0 amide bonds. The summed E-state index contributed by atoms with van der Waals surface area (Å²) in [7, 11) is 0. The fourth-order valence-electron chi connectivity index (χ4n) is 2.80. The molecule has 0 bridgehead atoms. The molecule has 1 aliphatic heterocycles. The van der Waals surface area contributed by atoms with Crippen molar-refractivity contribution in [3.8, 4) is 0 Å². The molecule has 0 aromatic heterocycles. The topological polar surface area (TPSA) is 12.0 Å². The molecule has 1 aliphatic rings. The Morgan fingerprint density at radius 2 is 1.78 bits per heavy atom. The van der Waals surface area contributed by atoms with E-state index in [1.165, 1.54) is 12.1 Å². The predicted molar refractivity (Wildman–Crippen MR) is 65.2 cm³/mol. The van der Waals surface area contributed by atoms with E-state index in [9.17, 15) is 13.2 Å². The van der Waals surface area contributed by atoms with Crippen LogP contribution in [0.4, 0.5) is 13.2 Å². The van der Waals surface area contributed by atoms with Crippen molar-refractivity contribution in [3.05, 3.63) is 35.4 Å². The van der Waals surface area contributed by atoms with E-state index in [-0.39, 0.29) is 5.54 Å².